The fourth-order valence-corrected chi connectivity index (χ4v) is 2.92. The lowest BCUT2D eigenvalue weighted by molar-refractivity contribution is 0.172. The van der Waals surface area contributed by atoms with Crippen molar-refractivity contribution in [3.8, 4) is 0 Å². The molecule has 2 nitrogen and oxygen atoms in total. The van der Waals surface area contributed by atoms with Crippen LogP contribution in [0.15, 0.2) is 24.3 Å². The van der Waals surface area contributed by atoms with Gasteiger partial charge in [0.2, 0.25) is 0 Å². The van der Waals surface area contributed by atoms with E-state index in [0.717, 1.165) is 18.9 Å². The highest BCUT2D eigenvalue weighted by Crippen LogP contribution is 2.21. The molecule has 106 valence electrons. The molecule has 0 bridgehead atoms. The predicted molar refractivity (Wildman–Crippen MR) is 82.4 cm³/mol. The summed E-state index contributed by atoms with van der Waals surface area (Å²) in [4.78, 5) is 2.61. The zero-order chi connectivity index (χ0) is 13.5. The van der Waals surface area contributed by atoms with E-state index >= 15 is 0 Å². The van der Waals surface area contributed by atoms with E-state index in [1.165, 1.54) is 50.0 Å². The summed E-state index contributed by atoms with van der Waals surface area (Å²) in [6.45, 7) is 7.05. The molecule has 0 aromatic heterocycles. The number of hydrogen-bond donors (Lipinski definition) is 1. The van der Waals surface area contributed by atoms with Gasteiger partial charge in [-0.2, -0.15) is 0 Å². The third-order valence-electron chi connectivity index (χ3n) is 4.35. The predicted octanol–water partition coefficient (Wildman–Crippen LogP) is 3.07. The number of nitrogens with one attached hydrogen (secondary N) is 1. The third kappa shape index (κ3) is 4.63. The van der Waals surface area contributed by atoms with Gasteiger partial charge in [-0.3, -0.25) is 4.90 Å². The number of hydrogen-bond acceptors (Lipinski definition) is 2. The van der Waals surface area contributed by atoms with E-state index < -0.39 is 0 Å². The van der Waals surface area contributed by atoms with Crippen molar-refractivity contribution in [3.63, 3.8) is 0 Å². The Morgan fingerprint density at radius 1 is 1.11 bits per heavy atom. The summed E-state index contributed by atoms with van der Waals surface area (Å²) >= 11 is 0. The molecule has 0 unspecified atom stereocenters. The molecule has 1 aromatic carbocycles. The average molecular weight is 260 g/mol. The van der Waals surface area contributed by atoms with Crippen molar-refractivity contribution in [1.82, 2.24) is 10.2 Å². The first-order valence-corrected chi connectivity index (χ1v) is 7.76. The van der Waals surface area contributed by atoms with Gasteiger partial charge in [0.25, 0.3) is 0 Å². The minimum absolute atomic E-state index is 0.936. The first-order chi connectivity index (χ1) is 9.31. The minimum atomic E-state index is 0.936. The van der Waals surface area contributed by atoms with Gasteiger partial charge in [-0.05, 0) is 69.4 Å². The quantitative estimate of drug-likeness (QED) is 0.845. The second-order valence-electron chi connectivity index (χ2n) is 5.78. The van der Waals surface area contributed by atoms with E-state index in [1.807, 2.05) is 0 Å². The Kier molecular flexibility index (Phi) is 5.87. The minimum Gasteiger partial charge on any atom is -0.320 e. The molecule has 1 heterocycles. The Morgan fingerprint density at radius 2 is 1.74 bits per heavy atom. The van der Waals surface area contributed by atoms with E-state index in [0.29, 0.717) is 0 Å². The molecule has 0 amide bonds. The highest BCUT2D eigenvalue weighted by atomic mass is 15.1. The van der Waals surface area contributed by atoms with Crippen LogP contribution in [-0.4, -0.2) is 31.6 Å². The molecule has 0 radical (unpaired) electrons. The lowest BCUT2D eigenvalue weighted by Gasteiger charge is -2.32. The van der Waals surface area contributed by atoms with Gasteiger partial charge in [-0.15, -0.1) is 0 Å². The largest absolute Gasteiger partial charge is 0.320 e. The molecule has 0 aliphatic carbocycles. The van der Waals surface area contributed by atoms with Gasteiger partial charge in [-0.25, -0.2) is 0 Å². The van der Waals surface area contributed by atoms with E-state index in [2.05, 4.69) is 48.5 Å². The summed E-state index contributed by atoms with van der Waals surface area (Å²) in [5.41, 5.74) is 2.90. The van der Waals surface area contributed by atoms with E-state index in [4.69, 9.17) is 0 Å². The van der Waals surface area contributed by atoms with Gasteiger partial charge in [0.15, 0.2) is 0 Å². The SMILES string of the molecule is CCc1ccc(CN2CCC(CCNC)CC2)cc1. The van der Waals surface area contributed by atoms with Crippen molar-refractivity contribution in [3.05, 3.63) is 35.4 Å². The van der Waals surface area contributed by atoms with Crippen LogP contribution in [0.2, 0.25) is 0 Å². The number of aryl methyl sites for hydroxylation is 1. The van der Waals surface area contributed by atoms with Crippen LogP contribution in [0.1, 0.15) is 37.3 Å². The molecule has 0 saturated carbocycles. The second kappa shape index (κ2) is 7.66. The maximum Gasteiger partial charge on any atom is 0.0233 e. The molecule has 1 fully saturated rings. The molecule has 2 rings (SSSR count). The standard InChI is InChI=1S/C17H28N2/c1-3-15-4-6-17(7-5-15)14-19-12-9-16(10-13-19)8-11-18-2/h4-7,16,18H,3,8-14H2,1-2H3. The van der Waals surface area contributed by atoms with Gasteiger partial charge in [0.1, 0.15) is 0 Å². The fourth-order valence-electron chi connectivity index (χ4n) is 2.92. The highest BCUT2D eigenvalue weighted by Gasteiger charge is 2.18. The van der Waals surface area contributed by atoms with Gasteiger partial charge >= 0.3 is 0 Å². The summed E-state index contributed by atoms with van der Waals surface area (Å²) in [5, 5.41) is 3.26. The molecule has 1 aliphatic rings. The maximum absolute atomic E-state index is 3.26. The second-order valence-corrected chi connectivity index (χ2v) is 5.78. The van der Waals surface area contributed by atoms with Crippen molar-refractivity contribution < 1.29 is 0 Å². The zero-order valence-corrected chi connectivity index (χ0v) is 12.5. The Labute approximate surface area is 118 Å². The van der Waals surface area contributed by atoms with Crippen LogP contribution in [0, 0.1) is 5.92 Å². The van der Waals surface area contributed by atoms with Gasteiger partial charge in [0.05, 0.1) is 0 Å². The third-order valence-corrected chi connectivity index (χ3v) is 4.35. The number of piperidine rings is 1. The summed E-state index contributed by atoms with van der Waals surface area (Å²) in [6, 6.07) is 9.14. The Bertz CT molecular complexity index is 350. The first-order valence-electron chi connectivity index (χ1n) is 7.76. The van der Waals surface area contributed by atoms with Crippen LogP contribution in [0.4, 0.5) is 0 Å². The van der Waals surface area contributed by atoms with Crippen LogP contribution >= 0.6 is 0 Å². The van der Waals surface area contributed by atoms with Crippen LogP contribution in [-0.2, 0) is 13.0 Å². The van der Waals surface area contributed by atoms with Gasteiger partial charge < -0.3 is 5.32 Å². The van der Waals surface area contributed by atoms with Crippen molar-refractivity contribution >= 4 is 0 Å². The van der Waals surface area contributed by atoms with Crippen molar-refractivity contribution in [2.75, 3.05) is 26.7 Å². The average Bonchev–Trinajstić information content (AvgIpc) is 2.47. The Balaban J connectivity index is 1.75. The summed E-state index contributed by atoms with van der Waals surface area (Å²) < 4.78 is 0. The summed E-state index contributed by atoms with van der Waals surface area (Å²) in [7, 11) is 2.05. The van der Waals surface area contributed by atoms with Crippen molar-refractivity contribution in [1.29, 1.82) is 0 Å². The first kappa shape index (κ1) is 14.5. The highest BCUT2D eigenvalue weighted by molar-refractivity contribution is 5.22. The molecule has 1 N–H and O–H groups in total. The summed E-state index contributed by atoms with van der Waals surface area (Å²) in [6.07, 6.45) is 5.22. The number of benzene rings is 1. The smallest absolute Gasteiger partial charge is 0.0233 e. The van der Waals surface area contributed by atoms with E-state index in [-0.39, 0.29) is 0 Å². The Hall–Kier alpha value is -0.860. The van der Waals surface area contributed by atoms with E-state index in [9.17, 15) is 0 Å². The van der Waals surface area contributed by atoms with Crippen molar-refractivity contribution in [2.45, 2.75) is 39.2 Å². The topological polar surface area (TPSA) is 15.3 Å². The van der Waals surface area contributed by atoms with E-state index in [1.54, 1.807) is 0 Å². The fraction of sp³-hybridized carbons (Fsp3) is 0.647. The molecule has 19 heavy (non-hydrogen) atoms. The molecular weight excluding hydrogens is 232 g/mol. The van der Waals surface area contributed by atoms with Crippen LogP contribution in [0.3, 0.4) is 0 Å². The number of rotatable bonds is 6. The molecule has 1 saturated heterocycles. The van der Waals surface area contributed by atoms with Crippen LogP contribution < -0.4 is 5.32 Å². The monoisotopic (exact) mass is 260 g/mol. The molecular formula is C17H28N2. The van der Waals surface area contributed by atoms with Crippen LogP contribution in [0.5, 0.6) is 0 Å². The number of nitrogens with zero attached hydrogens (tertiary/aromatic N) is 1. The normalized spacial score (nSPS) is 17.8. The maximum atomic E-state index is 3.26. The molecule has 1 aromatic rings. The Morgan fingerprint density at radius 3 is 2.32 bits per heavy atom. The molecule has 0 spiro atoms. The lowest BCUT2D eigenvalue weighted by Crippen LogP contribution is -2.34. The molecule has 1 aliphatic heterocycles. The zero-order valence-electron chi connectivity index (χ0n) is 12.5. The van der Waals surface area contributed by atoms with Gasteiger partial charge in [0, 0.05) is 6.54 Å². The summed E-state index contributed by atoms with van der Waals surface area (Å²) in [5.74, 6) is 0.936. The number of likely N-dealkylation sites (tertiary alicyclic amines) is 1. The molecule has 2 heteroatoms. The van der Waals surface area contributed by atoms with Crippen LogP contribution in [0.25, 0.3) is 0 Å². The lowest BCUT2D eigenvalue weighted by atomic mass is 9.93. The molecule has 0 atom stereocenters. The van der Waals surface area contributed by atoms with Crippen molar-refractivity contribution in [2.24, 2.45) is 5.92 Å². The van der Waals surface area contributed by atoms with Gasteiger partial charge in [-0.1, -0.05) is 31.2 Å².